The maximum atomic E-state index is 5.30. The van der Waals surface area contributed by atoms with E-state index in [1.807, 2.05) is 24.8 Å². The predicted molar refractivity (Wildman–Crippen MR) is 83.6 cm³/mol. The third-order valence-electron chi connectivity index (χ3n) is 4.27. The monoisotopic (exact) mass is 285 g/mol. The van der Waals surface area contributed by atoms with Gasteiger partial charge in [0.05, 0.1) is 13.4 Å². The maximum Gasteiger partial charge on any atom is 0.119 e. The summed E-state index contributed by atoms with van der Waals surface area (Å²) in [6, 6.07) is 9.55. The van der Waals surface area contributed by atoms with E-state index in [-0.39, 0.29) is 0 Å². The topological polar surface area (TPSA) is 39.1 Å². The van der Waals surface area contributed by atoms with Crippen LogP contribution in [0.2, 0.25) is 0 Å². The van der Waals surface area contributed by atoms with Crippen molar-refractivity contribution in [2.75, 3.05) is 7.11 Å². The van der Waals surface area contributed by atoms with Crippen molar-refractivity contribution in [2.24, 2.45) is 0 Å². The third-order valence-corrected chi connectivity index (χ3v) is 4.27. The van der Waals surface area contributed by atoms with Gasteiger partial charge in [0, 0.05) is 31.0 Å². The van der Waals surface area contributed by atoms with Crippen LogP contribution >= 0.6 is 0 Å². The molecule has 21 heavy (non-hydrogen) atoms. The molecule has 1 aromatic carbocycles. The van der Waals surface area contributed by atoms with Gasteiger partial charge >= 0.3 is 0 Å². The van der Waals surface area contributed by atoms with Gasteiger partial charge in [0.1, 0.15) is 5.75 Å². The normalized spacial score (nSPS) is 22.6. The van der Waals surface area contributed by atoms with Gasteiger partial charge < -0.3 is 14.6 Å². The lowest BCUT2D eigenvalue weighted by atomic mass is 9.75. The minimum atomic E-state index is 0.468. The van der Waals surface area contributed by atoms with Gasteiger partial charge in [-0.15, -0.1) is 0 Å². The molecule has 0 saturated heterocycles. The second-order valence-electron chi connectivity index (χ2n) is 5.97. The molecule has 0 spiro atoms. The molecule has 1 heterocycles. The van der Waals surface area contributed by atoms with Crippen molar-refractivity contribution >= 4 is 0 Å². The molecule has 4 nitrogen and oxygen atoms in total. The van der Waals surface area contributed by atoms with Crippen molar-refractivity contribution in [1.29, 1.82) is 0 Å². The zero-order chi connectivity index (χ0) is 14.7. The summed E-state index contributed by atoms with van der Waals surface area (Å²) in [7, 11) is 1.72. The molecule has 1 atom stereocenters. The molecule has 3 rings (SSSR count). The fourth-order valence-electron chi connectivity index (χ4n) is 3.09. The summed E-state index contributed by atoms with van der Waals surface area (Å²) < 4.78 is 7.42. The van der Waals surface area contributed by atoms with E-state index in [9.17, 15) is 0 Å². The van der Waals surface area contributed by atoms with Crippen LogP contribution in [0.1, 0.15) is 31.2 Å². The number of hydrogen-bond donors (Lipinski definition) is 1. The molecule has 1 unspecified atom stereocenters. The van der Waals surface area contributed by atoms with Gasteiger partial charge in [0.15, 0.2) is 0 Å². The van der Waals surface area contributed by atoms with Crippen LogP contribution in [0.3, 0.4) is 0 Å². The molecule has 0 radical (unpaired) electrons. The summed E-state index contributed by atoms with van der Waals surface area (Å²) in [5, 5.41) is 3.70. The molecule has 0 amide bonds. The van der Waals surface area contributed by atoms with Gasteiger partial charge in [0.25, 0.3) is 0 Å². The molecule has 1 N–H and O–H groups in total. The number of imidazole rings is 1. The van der Waals surface area contributed by atoms with Crippen molar-refractivity contribution in [3.8, 4) is 5.75 Å². The Labute approximate surface area is 126 Å². The Morgan fingerprint density at radius 1 is 1.43 bits per heavy atom. The fourth-order valence-corrected chi connectivity index (χ4v) is 3.09. The molecule has 4 heteroatoms. The SMILES string of the molecule is COc1cccc(C2CC(NC(C)Cn3ccnc3)C2)c1. The molecule has 1 aliphatic carbocycles. The highest BCUT2D eigenvalue weighted by Gasteiger charge is 2.31. The van der Waals surface area contributed by atoms with Crippen LogP contribution in [0.4, 0.5) is 0 Å². The highest BCUT2D eigenvalue weighted by Crippen LogP contribution is 2.38. The Balaban J connectivity index is 1.47. The van der Waals surface area contributed by atoms with Crippen molar-refractivity contribution in [3.05, 3.63) is 48.5 Å². The molecule has 0 bridgehead atoms. The molecule has 0 aliphatic heterocycles. The molecule has 1 aliphatic rings. The van der Waals surface area contributed by atoms with E-state index in [2.05, 4.69) is 40.0 Å². The van der Waals surface area contributed by atoms with Crippen LogP contribution in [0.5, 0.6) is 5.75 Å². The van der Waals surface area contributed by atoms with Gasteiger partial charge in [-0.3, -0.25) is 0 Å². The summed E-state index contributed by atoms with van der Waals surface area (Å²) in [6.07, 6.45) is 8.13. The first kappa shape index (κ1) is 14.1. The van der Waals surface area contributed by atoms with Crippen LogP contribution in [0.15, 0.2) is 43.0 Å². The van der Waals surface area contributed by atoms with Crippen LogP contribution < -0.4 is 10.1 Å². The highest BCUT2D eigenvalue weighted by molar-refractivity contribution is 5.32. The number of ether oxygens (including phenoxy) is 1. The van der Waals surface area contributed by atoms with Gasteiger partial charge in [0.2, 0.25) is 0 Å². The minimum absolute atomic E-state index is 0.468. The highest BCUT2D eigenvalue weighted by atomic mass is 16.5. The lowest BCUT2D eigenvalue weighted by Crippen LogP contribution is -2.45. The van der Waals surface area contributed by atoms with Crippen molar-refractivity contribution < 1.29 is 4.74 Å². The molecular weight excluding hydrogens is 262 g/mol. The number of nitrogens with zero attached hydrogens (tertiary/aromatic N) is 2. The number of aromatic nitrogens is 2. The lowest BCUT2D eigenvalue weighted by molar-refractivity contribution is 0.260. The van der Waals surface area contributed by atoms with E-state index in [1.165, 1.54) is 18.4 Å². The molecule has 1 fully saturated rings. The first-order chi connectivity index (χ1) is 10.2. The summed E-state index contributed by atoms with van der Waals surface area (Å²) in [4.78, 5) is 4.08. The van der Waals surface area contributed by atoms with Crippen LogP contribution in [0, 0.1) is 0 Å². The van der Waals surface area contributed by atoms with Crippen molar-refractivity contribution in [1.82, 2.24) is 14.9 Å². The summed E-state index contributed by atoms with van der Waals surface area (Å²) in [6.45, 7) is 3.21. The zero-order valence-electron chi connectivity index (χ0n) is 12.7. The Hall–Kier alpha value is -1.81. The van der Waals surface area contributed by atoms with Gasteiger partial charge in [-0.05, 0) is 43.4 Å². The zero-order valence-corrected chi connectivity index (χ0v) is 12.7. The van der Waals surface area contributed by atoms with E-state index in [4.69, 9.17) is 4.74 Å². The first-order valence-electron chi connectivity index (χ1n) is 7.60. The largest absolute Gasteiger partial charge is 0.497 e. The number of rotatable bonds is 6. The average molecular weight is 285 g/mol. The number of hydrogen-bond acceptors (Lipinski definition) is 3. The second kappa shape index (κ2) is 6.31. The first-order valence-corrected chi connectivity index (χ1v) is 7.60. The minimum Gasteiger partial charge on any atom is -0.497 e. The molecular formula is C17H23N3O. The number of methoxy groups -OCH3 is 1. The van der Waals surface area contributed by atoms with Gasteiger partial charge in [-0.2, -0.15) is 0 Å². The second-order valence-corrected chi connectivity index (χ2v) is 5.97. The van der Waals surface area contributed by atoms with Gasteiger partial charge in [-0.25, -0.2) is 4.98 Å². The number of benzene rings is 1. The standard InChI is InChI=1S/C17H23N3O/c1-13(11-20-7-6-18-12-20)19-16-8-15(9-16)14-4-3-5-17(10-14)21-2/h3-7,10,12-13,15-16,19H,8-9,11H2,1-2H3. The van der Waals surface area contributed by atoms with Crippen molar-refractivity contribution in [3.63, 3.8) is 0 Å². The molecule has 1 saturated carbocycles. The third kappa shape index (κ3) is 3.45. The fraction of sp³-hybridized carbons (Fsp3) is 0.471. The Morgan fingerprint density at radius 3 is 3.00 bits per heavy atom. The summed E-state index contributed by atoms with van der Waals surface area (Å²) in [5.74, 6) is 1.62. The van der Waals surface area contributed by atoms with Gasteiger partial charge in [-0.1, -0.05) is 12.1 Å². The molecule has 112 valence electrons. The van der Waals surface area contributed by atoms with E-state index in [0.717, 1.165) is 12.3 Å². The van der Waals surface area contributed by atoms with E-state index in [1.54, 1.807) is 7.11 Å². The van der Waals surface area contributed by atoms with Crippen LogP contribution in [-0.4, -0.2) is 28.7 Å². The molecule has 2 aromatic rings. The maximum absolute atomic E-state index is 5.30. The summed E-state index contributed by atoms with van der Waals surface area (Å²) >= 11 is 0. The van der Waals surface area contributed by atoms with E-state index >= 15 is 0 Å². The quantitative estimate of drug-likeness (QED) is 0.887. The van der Waals surface area contributed by atoms with E-state index in [0.29, 0.717) is 18.0 Å². The smallest absolute Gasteiger partial charge is 0.119 e. The van der Waals surface area contributed by atoms with E-state index < -0.39 is 0 Å². The Bertz CT molecular complexity index is 561. The molecule has 1 aromatic heterocycles. The summed E-state index contributed by atoms with van der Waals surface area (Å²) in [5.41, 5.74) is 1.40. The van der Waals surface area contributed by atoms with Crippen LogP contribution in [-0.2, 0) is 6.54 Å². The lowest BCUT2D eigenvalue weighted by Gasteiger charge is -2.38. The predicted octanol–water partition coefficient (Wildman–Crippen LogP) is 2.82. The Kier molecular flexibility index (Phi) is 4.25. The number of nitrogens with one attached hydrogen (secondary N) is 1. The van der Waals surface area contributed by atoms with Crippen molar-refractivity contribution in [2.45, 2.75) is 44.3 Å². The van der Waals surface area contributed by atoms with Crippen LogP contribution in [0.25, 0.3) is 0 Å². The average Bonchev–Trinajstić information content (AvgIpc) is 2.95. The Morgan fingerprint density at radius 2 is 2.29 bits per heavy atom.